The summed E-state index contributed by atoms with van der Waals surface area (Å²) in [5.41, 5.74) is 0.249. The molecule has 18 heavy (non-hydrogen) atoms. The molecule has 1 aromatic carbocycles. The van der Waals surface area contributed by atoms with Crippen LogP contribution in [0.2, 0.25) is 0 Å². The Morgan fingerprint density at radius 3 is 2.39 bits per heavy atom. The Morgan fingerprint density at radius 1 is 1.28 bits per heavy atom. The number of halogens is 1. The Bertz CT molecular complexity index is 522. The van der Waals surface area contributed by atoms with Crippen LogP contribution in [0.5, 0.6) is 0 Å². The van der Waals surface area contributed by atoms with Crippen LogP contribution in [0.15, 0.2) is 29.2 Å². The normalized spacial score (nSPS) is 23.2. The second-order valence-corrected chi connectivity index (χ2v) is 8.64. The van der Waals surface area contributed by atoms with Gasteiger partial charge in [0.2, 0.25) is 10.0 Å². The van der Waals surface area contributed by atoms with Crippen LogP contribution in [0, 0.1) is 8.99 Å². The van der Waals surface area contributed by atoms with Crippen molar-refractivity contribution in [1.82, 2.24) is 4.72 Å². The van der Waals surface area contributed by atoms with Gasteiger partial charge >= 0.3 is 0 Å². The molecule has 0 aliphatic heterocycles. The molecule has 2 rings (SSSR count). The Balaban J connectivity index is 2.11. The van der Waals surface area contributed by atoms with Gasteiger partial charge in [0.15, 0.2) is 0 Å². The minimum absolute atomic E-state index is 0.0734. The Labute approximate surface area is 123 Å². The second kappa shape index (κ2) is 5.09. The van der Waals surface area contributed by atoms with Gasteiger partial charge in [0.1, 0.15) is 0 Å². The van der Waals surface area contributed by atoms with Crippen molar-refractivity contribution < 1.29 is 8.42 Å². The van der Waals surface area contributed by atoms with Crippen molar-refractivity contribution in [3.63, 3.8) is 0 Å². The second-order valence-electron chi connectivity index (χ2n) is 5.68. The van der Waals surface area contributed by atoms with Crippen molar-refractivity contribution >= 4 is 32.6 Å². The van der Waals surface area contributed by atoms with Crippen molar-refractivity contribution in [2.24, 2.45) is 5.41 Å². The van der Waals surface area contributed by atoms with Crippen molar-refractivity contribution in [2.45, 2.75) is 44.0 Å². The van der Waals surface area contributed by atoms with Crippen molar-refractivity contribution in [2.75, 3.05) is 0 Å². The van der Waals surface area contributed by atoms with Crippen LogP contribution >= 0.6 is 22.6 Å². The summed E-state index contributed by atoms with van der Waals surface area (Å²) in [7, 11) is -3.36. The standard InChI is InChI=1S/C13H18INO2S/c1-13(2)8-7-11(9-13)15-18(16,17)12-5-3-10(14)4-6-12/h3-6,11,15H,7-9H2,1-2H3. The highest BCUT2D eigenvalue weighted by molar-refractivity contribution is 14.1. The molecule has 0 radical (unpaired) electrons. The van der Waals surface area contributed by atoms with Crippen LogP contribution in [0.1, 0.15) is 33.1 Å². The Hall–Kier alpha value is -0.140. The highest BCUT2D eigenvalue weighted by Gasteiger charge is 2.33. The summed E-state index contributed by atoms with van der Waals surface area (Å²) in [5, 5.41) is 0. The zero-order chi connectivity index (χ0) is 13.4. The van der Waals surface area contributed by atoms with Crippen molar-refractivity contribution in [3.05, 3.63) is 27.8 Å². The van der Waals surface area contributed by atoms with Gasteiger partial charge in [-0.25, -0.2) is 13.1 Å². The quantitative estimate of drug-likeness (QED) is 0.821. The fraction of sp³-hybridized carbons (Fsp3) is 0.538. The van der Waals surface area contributed by atoms with Crippen molar-refractivity contribution in [1.29, 1.82) is 0 Å². The van der Waals surface area contributed by atoms with E-state index in [4.69, 9.17) is 0 Å². The van der Waals surface area contributed by atoms with Gasteiger partial charge < -0.3 is 0 Å². The third-order valence-electron chi connectivity index (χ3n) is 3.41. The third kappa shape index (κ3) is 3.45. The molecule has 0 aromatic heterocycles. The maximum atomic E-state index is 12.2. The van der Waals surface area contributed by atoms with E-state index in [0.29, 0.717) is 4.90 Å². The average Bonchev–Trinajstić information content (AvgIpc) is 2.57. The molecule has 0 bridgehead atoms. The van der Waals surface area contributed by atoms with Crippen LogP contribution in [0.25, 0.3) is 0 Å². The number of sulfonamides is 1. The minimum Gasteiger partial charge on any atom is -0.208 e. The zero-order valence-corrected chi connectivity index (χ0v) is 13.6. The van der Waals surface area contributed by atoms with E-state index in [9.17, 15) is 8.42 Å². The van der Waals surface area contributed by atoms with Gasteiger partial charge in [0, 0.05) is 9.61 Å². The Kier molecular flexibility index (Phi) is 4.04. The topological polar surface area (TPSA) is 46.2 Å². The van der Waals surface area contributed by atoms with Crippen LogP contribution in [0.4, 0.5) is 0 Å². The lowest BCUT2D eigenvalue weighted by atomic mass is 9.92. The molecule has 0 heterocycles. The summed E-state index contributed by atoms with van der Waals surface area (Å²) in [6, 6.07) is 7.01. The molecule has 1 atom stereocenters. The van der Waals surface area contributed by atoms with E-state index in [1.807, 2.05) is 12.1 Å². The number of hydrogen-bond donors (Lipinski definition) is 1. The first-order chi connectivity index (χ1) is 8.28. The van der Waals surface area contributed by atoms with Crippen LogP contribution in [0.3, 0.4) is 0 Å². The fourth-order valence-electron chi connectivity index (χ4n) is 2.44. The largest absolute Gasteiger partial charge is 0.240 e. The van der Waals surface area contributed by atoms with E-state index in [1.165, 1.54) is 0 Å². The highest BCUT2D eigenvalue weighted by atomic mass is 127. The number of hydrogen-bond acceptors (Lipinski definition) is 2. The van der Waals surface area contributed by atoms with Crippen LogP contribution in [-0.2, 0) is 10.0 Å². The minimum atomic E-state index is -3.36. The number of rotatable bonds is 3. The first kappa shape index (κ1) is 14.3. The van der Waals surface area contributed by atoms with Gasteiger partial charge in [-0.2, -0.15) is 0 Å². The molecule has 0 spiro atoms. The third-order valence-corrected chi connectivity index (χ3v) is 5.67. The maximum absolute atomic E-state index is 12.2. The molecular formula is C13H18INO2S. The van der Waals surface area contributed by atoms with Gasteiger partial charge in [0.05, 0.1) is 4.90 Å². The van der Waals surface area contributed by atoms with Gasteiger partial charge in [-0.05, 0) is 71.5 Å². The average molecular weight is 379 g/mol. The lowest BCUT2D eigenvalue weighted by Gasteiger charge is -2.18. The van der Waals surface area contributed by atoms with E-state index in [0.717, 1.165) is 22.8 Å². The lowest BCUT2D eigenvalue weighted by Crippen LogP contribution is -2.33. The summed E-state index contributed by atoms with van der Waals surface area (Å²) < 4.78 is 28.2. The van der Waals surface area contributed by atoms with Gasteiger partial charge in [0.25, 0.3) is 0 Å². The predicted octanol–water partition coefficient (Wildman–Crippen LogP) is 3.15. The summed E-state index contributed by atoms with van der Waals surface area (Å²) in [4.78, 5) is 0.354. The molecule has 1 saturated carbocycles. The van der Waals surface area contributed by atoms with E-state index in [-0.39, 0.29) is 11.5 Å². The van der Waals surface area contributed by atoms with Crippen LogP contribution < -0.4 is 4.72 Å². The molecule has 0 saturated heterocycles. The van der Waals surface area contributed by atoms with Gasteiger partial charge in [-0.15, -0.1) is 0 Å². The molecule has 1 unspecified atom stereocenters. The van der Waals surface area contributed by atoms with Crippen molar-refractivity contribution in [3.8, 4) is 0 Å². The van der Waals surface area contributed by atoms with Gasteiger partial charge in [-0.1, -0.05) is 13.8 Å². The molecule has 1 N–H and O–H groups in total. The fourth-order valence-corrected chi connectivity index (χ4v) is 4.07. The molecule has 3 nitrogen and oxygen atoms in total. The van der Waals surface area contributed by atoms with Crippen LogP contribution in [-0.4, -0.2) is 14.5 Å². The molecule has 1 aliphatic carbocycles. The summed E-state index contributed by atoms with van der Waals surface area (Å²) >= 11 is 2.16. The molecule has 100 valence electrons. The highest BCUT2D eigenvalue weighted by Crippen LogP contribution is 2.37. The summed E-state index contributed by atoms with van der Waals surface area (Å²) in [6.45, 7) is 4.37. The summed E-state index contributed by atoms with van der Waals surface area (Å²) in [5.74, 6) is 0. The zero-order valence-electron chi connectivity index (χ0n) is 10.6. The number of benzene rings is 1. The molecular weight excluding hydrogens is 361 g/mol. The molecule has 1 fully saturated rings. The molecule has 1 aromatic rings. The van der Waals surface area contributed by atoms with Gasteiger partial charge in [-0.3, -0.25) is 0 Å². The summed E-state index contributed by atoms with van der Waals surface area (Å²) in [6.07, 6.45) is 2.92. The molecule has 0 amide bonds. The first-order valence-electron chi connectivity index (χ1n) is 6.06. The number of nitrogens with one attached hydrogen (secondary N) is 1. The monoisotopic (exact) mass is 379 g/mol. The van der Waals surface area contributed by atoms with E-state index in [2.05, 4.69) is 41.2 Å². The van der Waals surface area contributed by atoms with E-state index in [1.54, 1.807) is 12.1 Å². The maximum Gasteiger partial charge on any atom is 0.240 e. The molecule has 5 heteroatoms. The first-order valence-corrected chi connectivity index (χ1v) is 8.63. The molecule has 1 aliphatic rings. The van der Waals surface area contributed by atoms with E-state index < -0.39 is 10.0 Å². The van der Waals surface area contributed by atoms with E-state index >= 15 is 0 Å². The SMILES string of the molecule is CC1(C)CCC(NS(=O)(=O)c2ccc(I)cc2)C1. The lowest BCUT2D eigenvalue weighted by molar-refractivity contribution is 0.372. The smallest absolute Gasteiger partial charge is 0.208 e. The predicted molar refractivity (Wildman–Crippen MR) is 80.9 cm³/mol. The Morgan fingerprint density at radius 2 is 1.89 bits per heavy atom.